The molecule has 0 bridgehead atoms. The van der Waals surface area contributed by atoms with Crippen molar-refractivity contribution in [2.24, 2.45) is 5.73 Å². The summed E-state index contributed by atoms with van der Waals surface area (Å²) < 4.78 is 0. The van der Waals surface area contributed by atoms with E-state index in [9.17, 15) is 9.59 Å². The molecule has 0 unspecified atom stereocenters. The van der Waals surface area contributed by atoms with Crippen LogP contribution in [0.15, 0.2) is 48.5 Å². The number of anilines is 2. The normalized spacial score (nSPS) is 14.2. The first kappa shape index (κ1) is 23.9. The largest absolute Gasteiger partial charge is 0.382 e. The maximum atomic E-state index is 12.5. The molecule has 7 nitrogen and oxygen atoms in total. The zero-order valence-corrected chi connectivity index (χ0v) is 19.3. The van der Waals surface area contributed by atoms with Crippen molar-refractivity contribution >= 4 is 34.9 Å². The Morgan fingerprint density at radius 3 is 2.38 bits per heavy atom. The zero-order chi connectivity index (χ0) is 22.9. The molecule has 32 heavy (non-hydrogen) atoms. The predicted molar refractivity (Wildman–Crippen MR) is 130 cm³/mol. The number of nitrogens with two attached hydrogens (primary N) is 1. The van der Waals surface area contributed by atoms with E-state index >= 15 is 0 Å². The summed E-state index contributed by atoms with van der Waals surface area (Å²) in [6, 6.07) is 15.7. The molecule has 1 aliphatic rings. The highest BCUT2D eigenvalue weighted by molar-refractivity contribution is 6.30. The first-order chi connectivity index (χ1) is 15.5. The van der Waals surface area contributed by atoms with Gasteiger partial charge in [-0.05, 0) is 67.8 Å². The second kappa shape index (κ2) is 11.7. The Bertz CT molecular complexity index is 880. The Kier molecular flexibility index (Phi) is 8.76. The number of hydrogen-bond acceptors (Lipinski definition) is 4. The Labute approximate surface area is 194 Å². The van der Waals surface area contributed by atoms with E-state index in [0.717, 1.165) is 30.6 Å². The summed E-state index contributed by atoms with van der Waals surface area (Å²) in [5.74, 6) is -0.0620. The molecule has 3 amide bonds. The fourth-order valence-electron chi connectivity index (χ4n) is 3.76. The molecule has 2 aromatic rings. The van der Waals surface area contributed by atoms with Crippen LogP contribution in [0.1, 0.15) is 24.8 Å². The number of piperidine rings is 1. The number of hydrogen-bond donors (Lipinski definition) is 3. The molecule has 0 aliphatic carbocycles. The summed E-state index contributed by atoms with van der Waals surface area (Å²) in [6.07, 6.45) is 2.90. The minimum Gasteiger partial charge on any atom is -0.382 e. The smallest absolute Gasteiger partial charge is 0.317 e. The van der Waals surface area contributed by atoms with Crippen LogP contribution in [0, 0.1) is 0 Å². The molecule has 0 radical (unpaired) electrons. The molecule has 0 atom stereocenters. The molecule has 1 saturated heterocycles. The zero-order valence-electron chi connectivity index (χ0n) is 18.5. The summed E-state index contributed by atoms with van der Waals surface area (Å²) in [7, 11) is 1.72. The van der Waals surface area contributed by atoms with Gasteiger partial charge in [-0.15, -0.1) is 0 Å². The van der Waals surface area contributed by atoms with Crippen LogP contribution in [0.4, 0.5) is 16.2 Å². The average Bonchev–Trinajstić information content (AvgIpc) is 2.81. The number of benzene rings is 2. The van der Waals surface area contributed by atoms with E-state index in [-0.39, 0.29) is 18.4 Å². The average molecular weight is 458 g/mol. The van der Waals surface area contributed by atoms with Crippen molar-refractivity contribution in [3.63, 3.8) is 0 Å². The third-order valence-electron chi connectivity index (χ3n) is 5.74. The van der Waals surface area contributed by atoms with Gasteiger partial charge in [0.25, 0.3) is 0 Å². The van der Waals surface area contributed by atoms with Crippen molar-refractivity contribution in [1.29, 1.82) is 0 Å². The Balaban J connectivity index is 1.36. The Morgan fingerprint density at radius 2 is 1.75 bits per heavy atom. The number of nitrogens with one attached hydrogen (secondary N) is 2. The van der Waals surface area contributed by atoms with E-state index in [1.54, 1.807) is 36.2 Å². The lowest BCUT2D eigenvalue weighted by molar-refractivity contribution is -0.118. The van der Waals surface area contributed by atoms with Gasteiger partial charge < -0.3 is 26.2 Å². The molecule has 3 rings (SSSR count). The third-order valence-corrected chi connectivity index (χ3v) is 6.00. The number of carbonyl (C=O) groups excluding carboxylic acids is 2. The third kappa shape index (κ3) is 6.87. The van der Waals surface area contributed by atoms with E-state index in [1.165, 1.54) is 5.56 Å². The number of amides is 3. The predicted octanol–water partition coefficient (Wildman–Crippen LogP) is 3.48. The lowest BCUT2D eigenvalue weighted by atomic mass is 10.0. The number of urea groups is 1. The fraction of sp³-hybridized carbons (Fsp3) is 0.417. The summed E-state index contributed by atoms with van der Waals surface area (Å²) in [5, 5.41) is 7.05. The highest BCUT2D eigenvalue weighted by Crippen LogP contribution is 2.19. The van der Waals surface area contributed by atoms with Crippen LogP contribution in [-0.2, 0) is 11.2 Å². The molecule has 1 aliphatic heterocycles. The molecule has 4 N–H and O–H groups in total. The molecule has 0 saturated carbocycles. The van der Waals surface area contributed by atoms with Crippen molar-refractivity contribution in [2.45, 2.75) is 31.7 Å². The summed E-state index contributed by atoms with van der Waals surface area (Å²) in [6.45, 7) is 2.34. The maximum Gasteiger partial charge on any atom is 0.317 e. The van der Waals surface area contributed by atoms with Crippen LogP contribution in [0.25, 0.3) is 0 Å². The van der Waals surface area contributed by atoms with E-state index < -0.39 is 0 Å². The van der Waals surface area contributed by atoms with Crippen LogP contribution in [-0.4, -0.2) is 56.1 Å². The van der Waals surface area contributed by atoms with Gasteiger partial charge in [0.1, 0.15) is 0 Å². The minimum absolute atomic E-state index is 0.0620. The first-order valence-electron chi connectivity index (χ1n) is 11.1. The highest BCUT2D eigenvalue weighted by atomic mass is 35.5. The van der Waals surface area contributed by atoms with Crippen molar-refractivity contribution in [3.8, 4) is 0 Å². The highest BCUT2D eigenvalue weighted by Gasteiger charge is 2.22. The van der Waals surface area contributed by atoms with Crippen molar-refractivity contribution < 1.29 is 9.59 Å². The van der Waals surface area contributed by atoms with Crippen LogP contribution in [0.3, 0.4) is 0 Å². The summed E-state index contributed by atoms with van der Waals surface area (Å²) in [5.41, 5.74) is 8.70. The molecular formula is C24H32ClN5O2. The van der Waals surface area contributed by atoms with Crippen molar-refractivity contribution in [2.75, 3.05) is 43.4 Å². The number of nitrogens with zero attached hydrogens (tertiary/aromatic N) is 2. The van der Waals surface area contributed by atoms with Gasteiger partial charge in [-0.1, -0.05) is 23.7 Å². The standard InChI is InChI=1S/C24H32ClN5O2/c1-29(22-8-4-19(25)5-9-22)23(31)11-15-27-24(32)30-16-12-21(13-17-30)28-20-6-2-18(3-7-20)10-14-26/h2-9,21,28H,10-17,26H2,1H3,(H,27,32). The second-order valence-corrected chi connectivity index (χ2v) is 8.49. The fourth-order valence-corrected chi connectivity index (χ4v) is 3.89. The van der Waals surface area contributed by atoms with Crippen LogP contribution in [0.5, 0.6) is 0 Å². The molecule has 172 valence electrons. The van der Waals surface area contributed by atoms with Crippen LogP contribution < -0.4 is 21.3 Å². The lowest BCUT2D eigenvalue weighted by Crippen LogP contribution is -2.47. The van der Waals surface area contributed by atoms with Gasteiger partial charge in [-0.2, -0.15) is 0 Å². The van der Waals surface area contributed by atoms with Gasteiger partial charge in [0.15, 0.2) is 0 Å². The Morgan fingerprint density at radius 1 is 1.09 bits per heavy atom. The van der Waals surface area contributed by atoms with E-state index in [1.807, 2.05) is 4.90 Å². The van der Waals surface area contributed by atoms with Gasteiger partial charge in [0.05, 0.1) is 0 Å². The Hall–Kier alpha value is -2.77. The van der Waals surface area contributed by atoms with Crippen molar-refractivity contribution in [1.82, 2.24) is 10.2 Å². The summed E-state index contributed by atoms with van der Waals surface area (Å²) in [4.78, 5) is 28.2. The van der Waals surface area contributed by atoms with Gasteiger partial charge in [0.2, 0.25) is 5.91 Å². The van der Waals surface area contributed by atoms with E-state index in [4.69, 9.17) is 17.3 Å². The number of likely N-dealkylation sites (tertiary alicyclic amines) is 1. The van der Waals surface area contributed by atoms with Gasteiger partial charge in [-0.25, -0.2) is 4.79 Å². The number of carbonyl (C=O) groups is 2. The monoisotopic (exact) mass is 457 g/mol. The molecule has 2 aromatic carbocycles. The van der Waals surface area contributed by atoms with Crippen molar-refractivity contribution in [3.05, 3.63) is 59.1 Å². The first-order valence-corrected chi connectivity index (χ1v) is 11.4. The van der Waals surface area contributed by atoms with Gasteiger partial charge >= 0.3 is 6.03 Å². The maximum absolute atomic E-state index is 12.5. The number of rotatable bonds is 8. The van der Waals surface area contributed by atoms with E-state index in [0.29, 0.717) is 37.2 Å². The topological polar surface area (TPSA) is 90.7 Å². The molecule has 1 heterocycles. The quantitative estimate of drug-likeness (QED) is 0.566. The number of halogens is 1. The van der Waals surface area contributed by atoms with Crippen LogP contribution >= 0.6 is 11.6 Å². The van der Waals surface area contributed by atoms with Gasteiger partial charge in [0, 0.05) is 55.5 Å². The lowest BCUT2D eigenvalue weighted by Gasteiger charge is -2.33. The SMILES string of the molecule is CN(C(=O)CCNC(=O)N1CCC(Nc2ccc(CCN)cc2)CC1)c1ccc(Cl)cc1. The molecule has 0 spiro atoms. The van der Waals surface area contributed by atoms with Crippen LogP contribution in [0.2, 0.25) is 5.02 Å². The molecule has 0 aromatic heterocycles. The molecule has 8 heteroatoms. The van der Waals surface area contributed by atoms with Gasteiger partial charge in [-0.3, -0.25) is 4.79 Å². The molecular weight excluding hydrogens is 426 g/mol. The summed E-state index contributed by atoms with van der Waals surface area (Å²) >= 11 is 5.89. The molecule has 1 fully saturated rings. The van der Waals surface area contributed by atoms with E-state index in [2.05, 4.69) is 34.9 Å². The second-order valence-electron chi connectivity index (χ2n) is 8.05. The minimum atomic E-state index is -0.114.